The number of halogens is 1. The third-order valence-electron chi connectivity index (χ3n) is 1.61. The number of benzene rings is 1. The first kappa shape index (κ1) is 12.3. The molecule has 1 heterocycles. The van der Waals surface area contributed by atoms with Crippen LogP contribution >= 0.6 is 0 Å². The van der Waals surface area contributed by atoms with Gasteiger partial charge < -0.3 is 9.47 Å². The summed E-state index contributed by atoms with van der Waals surface area (Å²) in [5, 5.41) is 0. The Morgan fingerprint density at radius 1 is 1.57 bits per heavy atom. The fraction of sp³-hybridized carbons (Fsp3) is 0.222. The topological polar surface area (TPSA) is 38.8 Å². The van der Waals surface area contributed by atoms with E-state index >= 15 is 0 Å². The van der Waals surface area contributed by atoms with Gasteiger partial charge in [0.1, 0.15) is 11.6 Å². The molecule has 1 fully saturated rings. The van der Waals surface area contributed by atoms with Crippen LogP contribution in [-0.2, 0) is 9.53 Å². The number of carbonyl (C=O) groups excluding carboxylic acids is 1. The van der Waals surface area contributed by atoms with Crippen LogP contribution in [0, 0.1) is 5.82 Å². The predicted molar refractivity (Wildman–Crippen MR) is 48.9 cm³/mol. The molecule has 14 heavy (non-hydrogen) atoms. The van der Waals surface area contributed by atoms with Crippen molar-refractivity contribution >= 4 is 57.4 Å². The van der Waals surface area contributed by atoms with Crippen molar-refractivity contribution in [3.63, 3.8) is 0 Å². The summed E-state index contributed by atoms with van der Waals surface area (Å²) in [5.74, 6) is -0.687. The molecule has 0 bridgehead atoms. The molecule has 0 radical (unpaired) electrons. The van der Waals surface area contributed by atoms with Crippen molar-refractivity contribution in [3.05, 3.63) is 30.1 Å². The number of ether oxygens (including phenoxy) is 2. The monoisotopic (exact) mass is 222 g/mol. The van der Waals surface area contributed by atoms with E-state index in [9.17, 15) is 9.18 Å². The van der Waals surface area contributed by atoms with Crippen molar-refractivity contribution in [1.82, 2.24) is 0 Å². The molecule has 0 amide bonds. The van der Waals surface area contributed by atoms with Gasteiger partial charge in [-0.1, -0.05) is 6.07 Å². The SMILES string of the molecule is O=C(Oc1cccc(F)c1)C1CO1.[KH]. The van der Waals surface area contributed by atoms with Crippen LogP contribution in [0.3, 0.4) is 0 Å². The number of esters is 1. The van der Waals surface area contributed by atoms with Crippen LogP contribution in [0.2, 0.25) is 0 Å². The number of hydrogen-bond acceptors (Lipinski definition) is 3. The van der Waals surface area contributed by atoms with Crippen LogP contribution < -0.4 is 4.74 Å². The molecule has 1 saturated heterocycles. The first-order valence-electron chi connectivity index (χ1n) is 3.84. The summed E-state index contributed by atoms with van der Waals surface area (Å²) in [5.41, 5.74) is 0. The van der Waals surface area contributed by atoms with Gasteiger partial charge in [0.05, 0.1) is 6.61 Å². The van der Waals surface area contributed by atoms with Gasteiger partial charge in [-0.2, -0.15) is 0 Å². The van der Waals surface area contributed by atoms with Gasteiger partial charge in [-0.3, -0.25) is 0 Å². The first-order valence-corrected chi connectivity index (χ1v) is 3.84. The summed E-state index contributed by atoms with van der Waals surface area (Å²) >= 11 is 0. The van der Waals surface area contributed by atoms with Crippen molar-refractivity contribution in [2.75, 3.05) is 6.61 Å². The average Bonchev–Trinajstić information content (AvgIpc) is 2.85. The number of epoxide rings is 1. The Morgan fingerprint density at radius 3 is 2.86 bits per heavy atom. The van der Waals surface area contributed by atoms with Crippen LogP contribution in [-0.4, -0.2) is 70.1 Å². The minimum absolute atomic E-state index is 0. The average molecular weight is 222 g/mol. The third-order valence-corrected chi connectivity index (χ3v) is 1.61. The normalized spacial score (nSPS) is 18.2. The van der Waals surface area contributed by atoms with Gasteiger partial charge in [-0.25, -0.2) is 9.18 Å². The van der Waals surface area contributed by atoms with Crippen LogP contribution in [0.25, 0.3) is 0 Å². The minimum atomic E-state index is -0.467. The van der Waals surface area contributed by atoms with E-state index in [2.05, 4.69) is 0 Å². The van der Waals surface area contributed by atoms with Crippen LogP contribution in [0.15, 0.2) is 24.3 Å². The predicted octanol–water partition coefficient (Wildman–Crippen LogP) is 0.481. The Hall–Kier alpha value is 0.216. The second-order valence-corrected chi connectivity index (χ2v) is 2.70. The van der Waals surface area contributed by atoms with Crippen LogP contribution in [0.5, 0.6) is 5.75 Å². The molecule has 1 aliphatic rings. The molecule has 1 aromatic carbocycles. The summed E-state index contributed by atoms with van der Waals surface area (Å²) in [6.45, 7) is 0.397. The number of carbonyl (C=O) groups is 1. The molecule has 3 nitrogen and oxygen atoms in total. The van der Waals surface area contributed by atoms with E-state index in [-0.39, 0.29) is 57.1 Å². The zero-order valence-electron chi connectivity index (χ0n) is 6.70. The zero-order valence-corrected chi connectivity index (χ0v) is 6.70. The molecule has 0 spiro atoms. The molecule has 2 rings (SSSR count). The molecule has 1 aliphatic heterocycles. The molecule has 0 saturated carbocycles. The van der Waals surface area contributed by atoms with E-state index in [1.807, 2.05) is 0 Å². The van der Waals surface area contributed by atoms with Crippen molar-refractivity contribution < 1.29 is 18.7 Å². The van der Waals surface area contributed by atoms with E-state index in [1.54, 1.807) is 0 Å². The number of rotatable bonds is 2. The maximum absolute atomic E-state index is 12.6. The molecule has 1 unspecified atom stereocenters. The van der Waals surface area contributed by atoms with Gasteiger partial charge in [0.2, 0.25) is 0 Å². The standard InChI is InChI=1S/C9H7FO3.K.H/c10-6-2-1-3-7(4-6)13-9(11)8-5-12-8;;/h1-4,8H,5H2;;. The fourth-order valence-electron chi connectivity index (χ4n) is 0.897. The third kappa shape index (κ3) is 3.41. The van der Waals surface area contributed by atoms with E-state index < -0.39 is 17.9 Å². The van der Waals surface area contributed by atoms with Crippen molar-refractivity contribution in [2.24, 2.45) is 0 Å². The van der Waals surface area contributed by atoms with Crippen molar-refractivity contribution in [3.8, 4) is 5.75 Å². The summed E-state index contributed by atoms with van der Waals surface area (Å²) in [7, 11) is 0. The number of hydrogen-bond donors (Lipinski definition) is 0. The van der Waals surface area contributed by atoms with Gasteiger partial charge in [0.25, 0.3) is 0 Å². The molecular weight excluding hydrogens is 214 g/mol. The van der Waals surface area contributed by atoms with E-state index in [4.69, 9.17) is 9.47 Å². The van der Waals surface area contributed by atoms with Gasteiger partial charge >= 0.3 is 57.4 Å². The van der Waals surface area contributed by atoms with Crippen LogP contribution in [0.1, 0.15) is 0 Å². The molecular formula is C9H8FKO3. The summed E-state index contributed by atoms with van der Waals surface area (Å²) in [6, 6.07) is 5.43. The molecule has 0 aromatic heterocycles. The molecule has 5 heteroatoms. The Kier molecular flexibility index (Phi) is 4.69. The Morgan fingerprint density at radius 2 is 2.29 bits per heavy atom. The Bertz CT molecular complexity index is 339. The van der Waals surface area contributed by atoms with Gasteiger partial charge in [-0.15, -0.1) is 0 Å². The van der Waals surface area contributed by atoms with Gasteiger partial charge in [-0.05, 0) is 12.1 Å². The summed E-state index contributed by atoms with van der Waals surface area (Å²) in [6.07, 6.45) is -0.455. The second kappa shape index (κ2) is 5.34. The molecule has 0 aliphatic carbocycles. The molecule has 1 atom stereocenters. The summed E-state index contributed by atoms with van der Waals surface area (Å²) in [4.78, 5) is 11.0. The fourth-order valence-corrected chi connectivity index (χ4v) is 0.897. The molecule has 70 valence electrons. The maximum atomic E-state index is 12.6. The molecule has 0 N–H and O–H groups in total. The van der Waals surface area contributed by atoms with Crippen molar-refractivity contribution in [1.29, 1.82) is 0 Å². The van der Waals surface area contributed by atoms with E-state index in [0.717, 1.165) is 6.07 Å². The Labute approximate surface area is 123 Å². The summed E-state index contributed by atoms with van der Waals surface area (Å²) < 4.78 is 22.1. The Balaban J connectivity index is 0.000000980. The quantitative estimate of drug-likeness (QED) is 0.316. The van der Waals surface area contributed by atoms with Gasteiger partial charge in [0.15, 0.2) is 6.10 Å². The zero-order chi connectivity index (χ0) is 9.26. The second-order valence-electron chi connectivity index (χ2n) is 2.70. The molecule has 1 aromatic rings. The first-order chi connectivity index (χ1) is 6.25. The van der Waals surface area contributed by atoms with Crippen LogP contribution in [0.4, 0.5) is 4.39 Å². The van der Waals surface area contributed by atoms with Gasteiger partial charge in [0, 0.05) is 6.07 Å². The van der Waals surface area contributed by atoms with Crippen molar-refractivity contribution in [2.45, 2.75) is 6.10 Å². The van der Waals surface area contributed by atoms with E-state index in [0.29, 0.717) is 6.61 Å². The van der Waals surface area contributed by atoms with E-state index in [1.165, 1.54) is 18.2 Å².